The first-order chi connectivity index (χ1) is 9.58. The predicted octanol–water partition coefficient (Wildman–Crippen LogP) is 0.155. The molecule has 1 fully saturated rings. The molecule has 0 aromatic carbocycles. The number of amides is 1. The molecule has 0 atom stereocenters. The predicted molar refractivity (Wildman–Crippen MR) is 75.7 cm³/mol. The second-order valence-electron chi connectivity index (χ2n) is 5.13. The van der Waals surface area contributed by atoms with Crippen LogP contribution in [0, 0.1) is 0 Å². The van der Waals surface area contributed by atoms with Crippen molar-refractivity contribution in [2.75, 3.05) is 31.1 Å². The van der Waals surface area contributed by atoms with E-state index in [0.717, 1.165) is 5.69 Å². The van der Waals surface area contributed by atoms with Gasteiger partial charge in [-0.3, -0.25) is 9.78 Å². The lowest BCUT2D eigenvalue weighted by Gasteiger charge is -2.38. The van der Waals surface area contributed by atoms with Crippen molar-refractivity contribution in [1.82, 2.24) is 10.3 Å². The normalized spacial score (nSPS) is 17.9. The van der Waals surface area contributed by atoms with E-state index in [9.17, 15) is 9.90 Å². The first-order valence-electron chi connectivity index (χ1n) is 6.90. The first-order valence-corrected chi connectivity index (χ1v) is 6.90. The average Bonchev–Trinajstić information content (AvgIpc) is 2.48. The summed E-state index contributed by atoms with van der Waals surface area (Å²) in [5.41, 5.74) is 0.347. The molecule has 1 saturated heterocycles. The lowest BCUT2D eigenvalue weighted by molar-refractivity contribution is -0.0325. The molecule has 3 N–H and O–H groups in total. The second kappa shape index (κ2) is 6.19. The molecule has 0 aliphatic carbocycles. The minimum Gasteiger partial charge on any atom is -0.393 e. The minimum atomic E-state index is -0.966. The Balaban J connectivity index is 2.07. The number of pyridine rings is 1. The molecule has 0 radical (unpaired) electrons. The fraction of sp³-hybridized carbons (Fsp3) is 0.571. The smallest absolute Gasteiger partial charge is 0.269 e. The summed E-state index contributed by atoms with van der Waals surface area (Å²) in [6, 6.07) is 3.61. The van der Waals surface area contributed by atoms with Crippen LogP contribution in [0.2, 0.25) is 0 Å². The molecule has 1 amide bonds. The molecule has 0 unspecified atom stereocenters. The van der Waals surface area contributed by atoms with Crippen molar-refractivity contribution in [3.8, 4) is 0 Å². The molecule has 1 aromatic heterocycles. The third-order valence-corrected chi connectivity index (χ3v) is 3.67. The number of anilines is 1. The highest BCUT2D eigenvalue weighted by Gasteiger charge is 2.31. The summed E-state index contributed by atoms with van der Waals surface area (Å²) in [4.78, 5) is 17.9. The summed E-state index contributed by atoms with van der Waals surface area (Å²) < 4.78 is 0. The molecule has 1 aliphatic heterocycles. The van der Waals surface area contributed by atoms with Gasteiger partial charge >= 0.3 is 0 Å². The van der Waals surface area contributed by atoms with Gasteiger partial charge in [-0.2, -0.15) is 0 Å². The molecule has 110 valence electrons. The van der Waals surface area contributed by atoms with Gasteiger partial charge in [-0.1, -0.05) is 0 Å². The maximum Gasteiger partial charge on any atom is 0.269 e. The van der Waals surface area contributed by atoms with Crippen molar-refractivity contribution < 1.29 is 15.0 Å². The Labute approximate surface area is 118 Å². The van der Waals surface area contributed by atoms with E-state index >= 15 is 0 Å². The summed E-state index contributed by atoms with van der Waals surface area (Å²) in [6.07, 6.45) is 2.65. The number of rotatable bonds is 4. The van der Waals surface area contributed by atoms with Crippen LogP contribution in [0.4, 0.5) is 5.69 Å². The Morgan fingerprint density at radius 2 is 2.20 bits per heavy atom. The number of piperidine rings is 1. The zero-order valence-electron chi connectivity index (χ0n) is 11.7. The van der Waals surface area contributed by atoms with E-state index in [4.69, 9.17) is 5.11 Å². The third-order valence-electron chi connectivity index (χ3n) is 3.67. The largest absolute Gasteiger partial charge is 0.393 e. The Morgan fingerprint density at radius 3 is 2.80 bits per heavy atom. The molecule has 0 bridgehead atoms. The molecule has 6 nitrogen and oxygen atoms in total. The van der Waals surface area contributed by atoms with Gasteiger partial charge in [0.15, 0.2) is 0 Å². The SMILES string of the molecule is CCNC(=O)c1cc(N2CCC(O)(CO)CC2)ccn1. The van der Waals surface area contributed by atoms with Crippen molar-refractivity contribution in [3.05, 3.63) is 24.0 Å². The van der Waals surface area contributed by atoms with Crippen molar-refractivity contribution >= 4 is 11.6 Å². The minimum absolute atomic E-state index is 0.182. The van der Waals surface area contributed by atoms with Gasteiger partial charge in [-0.05, 0) is 31.9 Å². The number of nitrogens with one attached hydrogen (secondary N) is 1. The van der Waals surface area contributed by atoms with Gasteiger partial charge in [0, 0.05) is 31.5 Å². The van der Waals surface area contributed by atoms with Gasteiger partial charge in [0.05, 0.1) is 12.2 Å². The number of aromatic nitrogens is 1. The molecule has 0 saturated carbocycles. The van der Waals surface area contributed by atoms with Gasteiger partial charge in [0.25, 0.3) is 5.91 Å². The molecule has 1 aliphatic rings. The summed E-state index contributed by atoms with van der Waals surface area (Å²) in [5, 5.41) is 21.9. The van der Waals surface area contributed by atoms with E-state index in [2.05, 4.69) is 15.2 Å². The Kier molecular flexibility index (Phi) is 4.57. The number of hydrogen-bond acceptors (Lipinski definition) is 5. The highest BCUT2D eigenvalue weighted by Crippen LogP contribution is 2.26. The number of carbonyl (C=O) groups excluding carboxylic acids is 1. The van der Waals surface area contributed by atoms with Crippen molar-refractivity contribution in [1.29, 1.82) is 0 Å². The monoisotopic (exact) mass is 279 g/mol. The van der Waals surface area contributed by atoms with Crippen LogP contribution in [-0.4, -0.2) is 52.9 Å². The first kappa shape index (κ1) is 14.7. The van der Waals surface area contributed by atoms with E-state index in [1.54, 1.807) is 12.3 Å². The second-order valence-corrected chi connectivity index (χ2v) is 5.13. The fourth-order valence-electron chi connectivity index (χ4n) is 2.33. The average molecular weight is 279 g/mol. The van der Waals surface area contributed by atoms with Gasteiger partial charge < -0.3 is 20.4 Å². The van der Waals surface area contributed by atoms with Crippen molar-refractivity contribution in [2.45, 2.75) is 25.4 Å². The number of aliphatic hydroxyl groups is 2. The van der Waals surface area contributed by atoms with Gasteiger partial charge in [0.1, 0.15) is 5.69 Å². The van der Waals surface area contributed by atoms with Crippen LogP contribution in [0.15, 0.2) is 18.3 Å². The van der Waals surface area contributed by atoms with Crippen LogP contribution >= 0.6 is 0 Å². The van der Waals surface area contributed by atoms with Crippen LogP contribution < -0.4 is 10.2 Å². The lowest BCUT2D eigenvalue weighted by Crippen LogP contribution is -2.46. The molecular weight excluding hydrogens is 258 g/mol. The van der Waals surface area contributed by atoms with E-state index < -0.39 is 5.60 Å². The molecule has 6 heteroatoms. The number of aliphatic hydroxyl groups excluding tert-OH is 1. The number of nitrogens with zero attached hydrogens (tertiary/aromatic N) is 2. The Hall–Kier alpha value is -1.66. The molecular formula is C14H21N3O3. The highest BCUT2D eigenvalue weighted by atomic mass is 16.3. The van der Waals surface area contributed by atoms with Crippen molar-refractivity contribution in [2.24, 2.45) is 0 Å². The van der Waals surface area contributed by atoms with E-state index in [0.29, 0.717) is 38.2 Å². The Morgan fingerprint density at radius 1 is 1.50 bits per heavy atom. The van der Waals surface area contributed by atoms with Gasteiger partial charge in [0.2, 0.25) is 0 Å². The zero-order chi connectivity index (χ0) is 14.6. The van der Waals surface area contributed by atoms with Gasteiger partial charge in [-0.15, -0.1) is 0 Å². The fourth-order valence-corrected chi connectivity index (χ4v) is 2.33. The van der Waals surface area contributed by atoms with Gasteiger partial charge in [-0.25, -0.2) is 0 Å². The van der Waals surface area contributed by atoms with Crippen molar-refractivity contribution in [3.63, 3.8) is 0 Å². The summed E-state index contributed by atoms with van der Waals surface area (Å²) in [5.74, 6) is -0.182. The summed E-state index contributed by atoms with van der Waals surface area (Å²) in [7, 11) is 0. The van der Waals surface area contributed by atoms with Crippen LogP contribution in [0.3, 0.4) is 0 Å². The zero-order valence-corrected chi connectivity index (χ0v) is 11.7. The van der Waals surface area contributed by atoms with Crippen LogP contribution in [0.5, 0.6) is 0 Å². The van der Waals surface area contributed by atoms with E-state index in [1.165, 1.54) is 0 Å². The molecule has 2 heterocycles. The Bertz CT molecular complexity index is 470. The number of carbonyl (C=O) groups is 1. The number of hydrogen-bond donors (Lipinski definition) is 3. The summed E-state index contributed by atoms with van der Waals surface area (Å²) >= 11 is 0. The van der Waals surface area contributed by atoms with Crippen LogP contribution in [0.25, 0.3) is 0 Å². The third kappa shape index (κ3) is 3.26. The standard InChI is InChI=1S/C14H21N3O3/c1-2-15-13(19)12-9-11(3-6-16-12)17-7-4-14(20,10-18)5-8-17/h3,6,9,18,20H,2,4-5,7-8,10H2,1H3,(H,15,19). The lowest BCUT2D eigenvalue weighted by atomic mass is 9.92. The quantitative estimate of drug-likeness (QED) is 0.731. The van der Waals surface area contributed by atoms with E-state index in [1.807, 2.05) is 13.0 Å². The maximum atomic E-state index is 11.8. The van der Waals surface area contributed by atoms with Crippen LogP contribution in [-0.2, 0) is 0 Å². The molecule has 0 spiro atoms. The van der Waals surface area contributed by atoms with Crippen LogP contribution in [0.1, 0.15) is 30.3 Å². The molecule has 2 rings (SSSR count). The highest BCUT2D eigenvalue weighted by molar-refractivity contribution is 5.93. The maximum absolute atomic E-state index is 11.8. The topological polar surface area (TPSA) is 85.7 Å². The molecule has 1 aromatic rings. The van der Waals surface area contributed by atoms with E-state index in [-0.39, 0.29) is 12.5 Å². The molecule has 20 heavy (non-hydrogen) atoms. The summed E-state index contributed by atoms with van der Waals surface area (Å²) in [6.45, 7) is 3.52.